The first-order valence-corrected chi connectivity index (χ1v) is 10.6. The maximum absolute atomic E-state index is 14.3. The Morgan fingerprint density at radius 1 is 1.04 bits per heavy atom. The van der Waals surface area contributed by atoms with Crippen molar-refractivity contribution in [3.05, 3.63) is 52.8 Å². The number of halogens is 2. The molecule has 0 amide bonds. The molecule has 0 N–H and O–H groups in total. The molecule has 1 saturated heterocycles. The van der Waals surface area contributed by atoms with Crippen molar-refractivity contribution in [3.63, 3.8) is 0 Å². The van der Waals surface area contributed by atoms with Crippen molar-refractivity contribution < 1.29 is 22.3 Å². The highest BCUT2D eigenvalue weighted by Crippen LogP contribution is 2.40. The van der Waals surface area contributed by atoms with Gasteiger partial charge in [-0.3, -0.25) is 0 Å². The summed E-state index contributed by atoms with van der Waals surface area (Å²) in [6.45, 7) is 1.48. The molecule has 0 bridgehead atoms. The number of sulfonamides is 1. The van der Waals surface area contributed by atoms with Crippen molar-refractivity contribution in [2.75, 3.05) is 19.8 Å². The van der Waals surface area contributed by atoms with Crippen LogP contribution in [0, 0.1) is 5.82 Å². The number of ether oxygens (including phenoxy) is 2. The van der Waals surface area contributed by atoms with Gasteiger partial charge in [0, 0.05) is 18.0 Å². The fourth-order valence-electron chi connectivity index (χ4n) is 3.56. The van der Waals surface area contributed by atoms with Crippen molar-refractivity contribution in [2.45, 2.75) is 30.2 Å². The zero-order valence-electron chi connectivity index (χ0n) is 14.5. The fraction of sp³-hybridized carbons (Fsp3) is 0.368. The van der Waals surface area contributed by atoms with Gasteiger partial charge in [0.15, 0.2) is 11.5 Å². The number of benzene rings is 2. The van der Waals surface area contributed by atoms with Gasteiger partial charge < -0.3 is 9.47 Å². The second-order valence-corrected chi connectivity index (χ2v) is 8.90. The summed E-state index contributed by atoms with van der Waals surface area (Å²) >= 11 is 5.76. The predicted molar refractivity (Wildman–Crippen MR) is 99.3 cm³/mol. The standard InChI is InChI=1S/C19H19ClFNO4S/c20-14-5-7-19(15(21)12-14)27(23,24)22-8-1-3-16(22)13-4-6-17-18(11-13)26-10-2-9-25-17/h4-7,11-12,16H,1-3,8-10H2/t16-/m0/s1. The van der Waals surface area contributed by atoms with E-state index in [0.717, 1.165) is 18.1 Å². The summed E-state index contributed by atoms with van der Waals surface area (Å²) in [7, 11) is -3.98. The lowest BCUT2D eigenvalue weighted by atomic mass is 10.0. The zero-order chi connectivity index (χ0) is 19.0. The summed E-state index contributed by atoms with van der Waals surface area (Å²) in [5.74, 6) is 0.436. The van der Waals surface area contributed by atoms with Crippen molar-refractivity contribution in [1.29, 1.82) is 0 Å². The average Bonchev–Trinajstić information content (AvgIpc) is 3.01. The van der Waals surface area contributed by atoms with Gasteiger partial charge >= 0.3 is 0 Å². The molecule has 1 fully saturated rings. The lowest BCUT2D eigenvalue weighted by molar-refractivity contribution is 0.296. The minimum atomic E-state index is -3.98. The minimum absolute atomic E-state index is 0.160. The maximum atomic E-state index is 14.3. The Morgan fingerprint density at radius 2 is 1.81 bits per heavy atom. The lowest BCUT2D eigenvalue weighted by Crippen LogP contribution is -2.31. The molecule has 4 rings (SSSR count). The molecule has 2 aromatic rings. The van der Waals surface area contributed by atoms with Crippen LogP contribution in [-0.2, 0) is 10.0 Å². The molecule has 2 heterocycles. The molecule has 0 aliphatic carbocycles. The minimum Gasteiger partial charge on any atom is -0.490 e. The van der Waals surface area contributed by atoms with Crippen LogP contribution in [0.5, 0.6) is 11.5 Å². The van der Waals surface area contributed by atoms with E-state index in [1.54, 1.807) is 0 Å². The highest BCUT2D eigenvalue weighted by Gasteiger charge is 2.38. The van der Waals surface area contributed by atoms with E-state index >= 15 is 0 Å². The van der Waals surface area contributed by atoms with Crippen molar-refractivity contribution in [2.24, 2.45) is 0 Å². The van der Waals surface area contributed by atoms with Crippen molar-refractivity contribution in [1.82, 2.24) is 4.31 Å². The van der Waals surface area contributed by atoms with Crippen LogP contribution >= 0.6 is 11.6 Å². The van der Waals surface area contributed by atoms with Crippen LogP contribution in [0.4, 0.5) is 4.39 Å². The number of hydrogen-bond donors (Lipinski definition) is 0. The largest absolute Gasteiger partial charge is 0.490 e. The number of nitrogens with zero attached hydrogens (tertiary/aromatic N) is 1. The molecule has 8 heteroatoms. The molecule has 0 aromatic heterocycles. The highest BCUT2D eigenvalue weighted by atomic mass is 35.5. The predicted octanol–water partition coefficient (Wildman–Crippen LogP) is 4.17. The molecule has 0 saturated carbocycles. The van der Waals surface area contributed by atoms with Crippen molar-refractivity contribution >= 4 is 21.6 Å². The molecule has 144 valence electrons. The third-order valence-electron chi connectivity index (χ3n) is 4.84. The molecule has 2 aliphatic rings. The second-order valence-electron chi connectivity index (χ2n) is 6.61. The molecule has 0 unspecified atom stereocenters. The Kier molecular flexibility index (Phi) is 5.01. The molecule has 2 aliphatic heterocycles. The van der Waals surface area contributed by atoms with Gasteiger partial charge in [-0.2, -0.15) is 4.31 Å². The highest BCUT2D eigenvalue weighted by molar-refractivity contribution is 7.89. The number of rotatable bonds is 3. The van der Waals surface area contributed by atoms with Crippen LogP contribution in [0.25, 0.3) is 0 Å². The van der Waals surface area contributed by atoms with Gasteiger partial charge in [-0.05, 0) is 48.7 Å². The molecule has 0 spiro atoms. The summed E-state index contributed by atoms with van der Waals surface area (Å²) in [6.07, 6.45) is 2.16. The van der Waals surface area contributed by atoms with Crippen LogP contribution in [-0.4, -0.2) is 32.5 Å². The molecular formula is C19H19ClFNO4S. The monoisotopic (exact) mass is 411 g/mol. The summed E-state index contributed by atoms with van der Waals surface area (Å²) in [5, 5.41) is 0.160. The zero-order valence-corrected chi connectivity index (χ0v) is 16.1. The second kappa shape index (κ2) is 7.30. The number of hydrogen-bond acceptors (Lipinski definition) is 4. The first-order chi connectivity index (χ1) is 13.0. The lowest BCUT2D eigenvalue weighted by Gasteiger charge is -2.25. The van der Waals surface area contributed by atoms with Crippen LogP contribution < -0.4 is 9.47 Å². The van der Waals surface area contributed by atoms with Gasteiger partial charge in [-0.15, -0.1) is 0 Å². The van der Waals surface area contributed by atoms with E-state index in [-0.39, 0.29) is 16.0 Å². The first kappa shape index (κ1) is 18.5. The topological polar surface area (TPSA) is 55.8 Å². The normalized spacial score (nSPS) is 20.4. The maximum Gasteiger partial charge on any atom is 0.246 e. The van der Waals surface area contributed by atoms with Gasteiger partial charge in [0.25, 0.3) is 0 Å². The number of fused-ring (bicyclic) bond motifs is 1. The molecule has 2 aromatic carbocycles. The summed E-state index contributed by atoms with van der Waals surface area (Å²) < 4.78 is 53.2. The average molecular weight is 412 g/mol. The summed E-state index contributed by atoms with van der Waals surface area (Å²) in [4.78, 5) is -0.354. The first-order valence-electron chi connectivity index (χ1n) is 8.83. The van der Waals surface area contributed by atoms with E-state index in [0.29, 0.717) is 44.1 Å². The molecule has 0 radical (unpaired) electrons. The van der Waals surface area contributed by atoms with E-state index in [9.17, 15) is 12.8 Å². The van der Waals surface area contributed by atoms with Crippen LogP contribution in [0.3, 0.4) is 0 Å². The third-order valence-corrected chi connectivity index (χ3v) is 7.02. The Morgan fingerprint density at radius 3 is 2.59 bits per heavy atom. The van der Waals surface area contributed by atoms with E-state index in [4.69, 9.17) is 21.1 Å². The Bertz CT molecular complexity index is 966. The molecular weight excluding hydrogens is 393 g/mol. The Hall–Kier alpha value is -1.83. The molecule has 27 heavy (non-hydrogen) atoms. The van der Waals surface area contributed by atoms with Gasteiger partial charge in [-0.1, -0.05) is 17.7 Å². The van der Waals surface area contributed by atoms with E-state index in [1.807, 2.05) is 18.2 Å². The van der Waals surface area contributed by atoms with E-state index < -0.39 is 15.8 Å². The van der Waals surface area contributed by atoms with E-state index in [1.165, 1.54) is 16.4 Å². The quantitative estimate of drug-likeness (QED) is 0.760. The SMILES string of the molecule is O=S(=O)(c1ccc(Cl)cc1F)N1CCC[C@H]1c1ccc2c(c1)OCCCO2. The third kappa shape index (κ3) is 3.51. The smallest absolute Gasteiger partial charge is 0.246 e. The van der Waals surface area contributed by atoms with Crippen molar-refractivity contribution in [3.8, 4) is 11.5 Å². The Balaban J connectivity index is 1.69. The molecule has 1 atom stereocenters. The summed E-state index contributed by atoms with van der Waals surface area (Å²) in [5.41, 5.74) is 0.815. The van der Waals surface area contributed by atoms with Crippen LogP contribution in [0.15, 0.2) is 41.3 Å². The van der Waals surface area contributed by atoms with Gasteiger partial charge in [0.2, 0.25) is 10.0 Å². The Labute approximate surface area is 162 Å². The summed E-state index contributed by atoms with van der Waals surface area (Å²) in [6, 6.07) is 8.74. The molecule has 5 nitrogen and oxygen atoms in total. The van der Waals surface area contributed by atoms with Crippen LogP contribution in [0.1, 0.15) is 30.9 Å². The van der Waals surface area contributed by atoms with Gasteiger partial charge in [-0.25, -0.2) is 12.8 Å². The van der Waals surface area contributed by atoms with Gasteiger partial charge in [0.05, 0.1) is 19.3 Å². The van der Waals surface area contributed by atoms with Gasteiger partial charge in [0.1, 0.15) is 10.7 Å². The fourth-order valence-corrected chi connectivity index (χ4v) is 5.45. The van der Waals surface area contributed by atoms with Crippen LogP contribution in [0.2, 0.25) is 5.02 Å². The van der Waals surface area contributed by atoms with E-state index in [2.05, 4.69) is 0 Å².